The number of likely N-dealkylation sites (N-methyl/N-ethyl adjacent to an activating group) is 1. The molecule has 2 aromatic rings. The molecule has 0 bridgehead atoms. The molecule has 1 atom stereocenters. The Balaban J connectivity index is 2.10. The van der Waals surface area contributed by atoms with E-state index in [0.29, 0.717) is 6.61 Å². The van der Waals surface area contributed by atoms with E-state index >= 15 is 0 Å². The molecule has 1 N–H and O–H groups in total. The molecule has 9 heteroatoms. The van der Waals surface area contributed by atoms with Gasteiger partial charge in [0, 0.05) is 17.0 Å². The molecule has 2 rings (SSSR count). The third-order valence-electron chi connectivity index (χ3n) is 4.25. The number of ether oxygens (including phenoxy) is 1. The fourth-order valence-corrected chi connectivity index (χ4v) is 4.60. The lowest BCUT2D eigenvalue weighted by atomic mass is 10.1. The fraction of sp³-hybridized carbons (Fsp3) is 0.350. The van der Waals surface area contributed by atoms with Crippen molar-refractivity contribution in [1.29, 1.82) is 0 Å². The number of nitrogens with one attached hydrogen (secondary N) is 1. The zero-order chi connectivity index (χ0) is 21.6. The summed E-state index contributed by atoms with van der Waals surface area (Å²) in [5.74, 6) is -0.205. The molecule has 1 unspecified atom stereocenters. The highest BCUT2D eigenvalue weighted by Gasteiger charge is 2.27. The molecule has 0 saturated heterocycles. The first-order valence-electron chi connectivity index (χ1n) is 9.01. The molecular weight excluding hydrogens is 432 g/mol. The number of halogens is 1. The second-order valence-electron chi connectivity index (χ2n) is 6.35. The van der Waals surface area contributed by atoms with Gasteiger partial charge in [-0.3, -0.25) is 4.79 Å². The maximum atomic E-state index is 12.9. The van der Waals surface area contributed by atoms with Gasteiger partial charge in [0.1, 0.15) is 10.6 Å². The minimum Gasteiger partial charge on any atom is -0.492 e. The molecule has 158 valence electrons. The van der Waals surface area contributed by atoms with Gasteiger partial charge in [0.25, 0.3) is 0 Å². The number of rotatable bonds is 9. The number of thioether (sulfide) groups is 1. The first-order chi connectivity index (χ1) is 13.7. The second-order valence-corrected chi connectivity index (χ2v) is 9.68. The van der Waals surface area contributed by atoms with Crippen LogP contribution >= 0.6 is 23.4 Å². The summed E-state index contributed by atoms with van der Waals surface area (Å²) in [6.07, 6.45) is 1.99. The molecule has 0 aromatic heterocycles. The van der Waals surface area contributed by atoms with Crippen LogP contribution in [0.25, 0.3) is 0 Å². The molecule has 6 nitrogen and oxygen atoms in total. The minimum atomic E-state index is -3.96. The van der Waals surface area contributed by atoms with Crippen molar-refractivity contribution >= 4 is 39.3 Å². The molecule has 0 saturated carbocycles. The Kier molecular flexibility index (Phi) is 8.39. The zero-order valence-electron chi connectivity index (χ0n) is 16.8. The van der Waals surface area contributed by atoms with E-state index < -0.39 is 15.9 Å². The van der Waals surface area contributed by atoms with Gasteiger partial charge in [-0.15, -0.1) is 11.8 Å². The SMILES string of the molecule is CCOc1ccc(Cl)cc1S(=O)(=O)N(C)CC(=O)NC(C)c1ccc(SC)cc1. The van der Waals surface area contributed by atoms with E-state index in [9.17, 15) is 13.2 Å². The van der Waals surface area contributed by atoms with Crippen LogP contribution in [0.15, 0.2) is 52.3 Å². The number of carbonyl (C=O) groups is 1. The Bertz CT molecular complexity index is 949. The summed E-state index contributed by atoms with van der Waals surface area (Å²) < 4.78 is 32.3. The Hall–Kier alpha value is -1.74. The Morgan fingerprint density at radius 2 is 1.90 bits per heavy atom. The summed E-state index contributed by atoms with van der Waals surface area (Å²) in [6.45, 7) is 3.59. The molecular formula is C20H25ClN2O4S2. The van der Waals surface area contributed by atoms with Gasteiger partial charge in [-0.2, -0.15) is 4.31 Å². The molecule has 0 radical (unpaired) electrons. The lowest BCUT2D eigenvalue weighted by molar-refractivity contribution is -0.121. The van der Waals surface area contributed by atoms with E-state index in [1.54, 1.807) is 24.8 Å². The third-order valence-corrected chi connectivity index (χ3v) is 7.06. The highest BCUT2D eigenvalue weighted by molar-refractivity contribution is 7.98. The maximum Gasteiger partial charge on any atom is 0.247 e. The van der Waals surface area contributed by atoms with E-state index in [0.717, 1.165) is 14.8 Å². The molecule has 0 spiro atoms. The van der Waals surface area contributed by atoms with Crippen LogP contribution in [0.2, 0.25) is 5.02 Å². The molecule has 29 heavy (non-hydrogen) atoms. The van der Waals surface area contributed by atoms with Gasteiger partial charge in [-0.25, -0.2) is 8.42 Å². The van der Waals surface area contributed by atoms with Crippen molar-refractivity contribution in [3.63, 3.8) is 0 Å². The van der Waals surface area contributed by atoms with Crippen LogP contribution in [0, 0.1) is 0 Å². The van der Waals surface area contributed by atoms with Crippen LogP contribution < -0.4 is 10.1 Å². The van der Waals surface area contributed by atoms with E-state index in [4.69, 9.17) is 16.3 Å². The molecule has 1 amide bonds. The number of sulfonamides is 1. The van der Waals surface area contributed by atoms with E-state index in [2.05, 4.69) is 5.32 Å². The van der Waals surface area contributed by atoms with Crippen LogP contribution in [-0.2, 0) is 14.8 Å². The van der Waals surface area contributed by atoms with Crippen LogP contribution in [0.3, 0.4) is 0 Å². The smallest absolute Gasteiger partial charge is 0.247 e. The number of benzene rings is 2. The van der Waals surface area contributed by atoms with Crippen LogP contribution in [0.5, 0.6) is 5.75 Å². The standard InChI is InChI=1S/C20H25ClN2O4S2/c1-5-27-18-11-8-16(21)12-19(18)29(25,26)23(3)13-20(24)22-14(2)15-6-9-17(28-4)10-7-15/h6-12,14H,5,13H2,1-4H3,(H,22,24). The number of carbonyl (C=O) groups excluding carboxylic acids is 1. The monoisotopic (exact) mass is 456 g/mol. The van der Waals surface area contributed by atoms with Crippen molar-refractivity contribution in [2.45, 2.75) is 29.7 Å². The largest absolute Gasteiger partial charge is 0.492 e. The lowest BCUT2D eigenvalue weighted by Gasteiger charge is -2.21. The van der Waals surface area contributed by atoms with Crippen molar-refractivity contribution in [3.8, 4) is 5.75 Å². The van der Waals surface area contributed by atoms with Crippen molar-refractivity contribution in [2.24, 2.45) is 0 Å². The fourth-order valence-electron chi connectivity index (χ4n) is 2.68. The molecule has 2 aromatic carbocycles. The molecule has 0 aliphatic rings. The summed E-state index contributed by atoms with van der Waals surface area (Å²) in [5.41, 5.74) is 0.940. The van der Waals surface area contributed by atoms with Gasteiger partial charge >= 0.3 is 0 Å². The van der Waals surface area contributed by atoms with E-state index in [-0.39, 0.29) is 28.3 Å². The molecule has 0 heterocycles. The van der Waals surface area contributed by atoms with Crippen molar-refractivity contribution in [3.05, 3.63) is 53.1 Å². The quantitative estimate of drug-likeness (QED) is 0.578. The number of nitrogens with zero attached hydrogens (tertiary/aromatic N) is 1. The third kappa shape index (κ3) is 6.12. The molecule has 0 aliphatic heterocycles. The van der Waals surface area contributed by atoms with E-state index in [1.165, 1.54) is 19.2 Å². The highest BCUT2D eigenvalue weighted by atomic mass is 35.5. The average molecular weight is 457 g/mol. The number of hydrogen-bond donors (Lipinski definition) is 1. The summed E-state index contributed by atoms with van der Waals surface area (Å²) in [4.78, 5) is 13.5. The number of amides is 1. The highest BCUT2D eigenvalue weighted by Crippen LogP contribution is 2.29. The predicted octanol–water partition coefficient (Wildman–Crippen LogP) is 3.96. The number of hydrogen-bond acceptors (Lipinski definition) is 5. The normalized spacial score (nSPS) is 12.6. The zero-order valence-corrected chi connectivity index (χ0v) is 19.2. The van der Waals surface area contributed by atoms with Gasteiger partial charge in [0.2, 0.25) is 15.9 Å². The summed E-state index contributed by atoms with van der Waals surface area (Å²) in [5, 5.41) is 3.10. The van der Waals surface area contributed by atoms with Gasteiger partial charge in [0.05, 0.1) is 19.2 Å². The van der Waals surface area contributed by atoms with Crippen molar-refractivity contribution in [2.75, 3.05) is 26.5 Å². The first kappa shape index (κ1) is 23.5. The second kappa shape index (κ2) is 10.3. The topological polar surface area (TPSA) is 75.7 Å². The average Bonchev–Trinajstić information content (AvgIpc) is 2.69. The summed E-state index contributed by atoms with van der Waals surface area (Å²) in [7, 11) is -2.61. The van der Waals surface area contributed by atoms with Crippen molar-refractivity contribution < 1.29 is 17.9 Å². The van der Waals surface area contributed by atoms with Crippen molar-refractivity contribution in [1.82, 2.24) is 9.62 Å². The predicted molar refractivity (Wildman–Crippen MR) is 117 cm³/mol. The molecule has 0 fully saturated rings. The Morgan fingerprint density at radius 1 is 1.24 bits per heavy atom. The van der Waals surface area contributed by atoms with Gasteiger partial charge in [0.15, 0.2) is 0 Å². The van der Waals surface area contributed by atoms with Crippen LogP contribution in [-0.4, -0.2) is 45.1 Å². The van der Waals surface area contributed by atoms with Crippen LogP contribution in [0.1, 0.15) is 25.5 Å². The Labute approximate surface area is 181 Å². The van der Waals surface area contributed by atoms with Gasteiger partial charge < -0.3 is 10.1 Å². The maximum absolute atomic E-state index is 12.9. The Morgan fingerprint density at radius 3 is 2.48 bits per heavy atom. The lowest BCUT2D eigenvalue weighted by Crippen LogP contribution is -2.39. The summed E-state index contributed by atoms with van der Waals surface area (Å²) >= 11 is 7.61. The van der Waals surface area contributed by atoms with Gasteiger partial charge in [-0.1, -0.05) is 23.7 Å². The minimum absolute atomic E-state index is 0.0668. The molecule has 0 aliphatic carbocycles. The summed E-state index contributed by atoms with van der Waals surface area (Å²) in [6, 6.07) is 12.0. The first-order valence-corrected chi connectivity index (χ1v) is 12.0. The van der Waals surface area contributed by atoms with E-state index in [1.807, 2.05) is 37.4 Å². The van der Waals surface area contributed by atoms with Gasteiger partial charge in [-0.05, 0) is 56.0 Å². The van der Waals surface area contributed by atoms with Crippen LogP contribution in [0.4, 0.5) is 0 Å².